The SMILES string of the molecule is Cc1ccc([S+](O)c2ccc(S(=O)c3ccc(I)cc3)cc2)cc1. The maximum absolute atomic E-state index is 12.6. The fourth-order valence-electron chi connectivity index (χ4n) is 2.19. The molecule has 2 unspecified atom stereocenters. The Morgan fingerprint density at radius 2 is 1.21 bits per heavy atom. The first-order valence-corrected chi connectivity index (χ1v) is 10.7. The molecule has 3 aromatic rings. The number of rotatable bonds is 4. The van der Waals surface area contributed by atoms with Gasteiger partial charge in [-0.25, -0.2) is 4.21 Å². The van der Waals surface area contributed by atoms with Crippen LogP contribution in [0, 0.1) is 10.5 Å². The molecule has 0 aliphatic carbocycles. The molecule has 24 heavy (non-hydrogen) atoms. The fourth-order valence-corrected chi connectivity index (χ4v) is 4.65. The second-order valence-electron chi connectivity index (χ2n) is 5.29. The molecule has 0 spiro atoms. The molecule has 1 N–H and O–H groups in total. The molecular formula is C19H16IO2S2+. The van der Waals surface area contributed by atoms with Crippen molar-refractivity contribution in [2.24, 2.45) is 0 Å². The standard InChI is InChI=1S/C19H16IO2S2/c1-14-2-6-16(7-3-14)23(21)18-10-12-19(13-11-18)24(22)17-8-4-15(20)5-9-17/h2-13,21H,1H3/q+1. The van der Waals surface area contributed by atoms with Gasteiger partial charge >= 0.3 is 0 Å². The van der Waals surface area contributed by atoms with Crippen molar-refractivity contribution in [1.82, 2.24) is 0 Å². The summed E-state index contributed by atoms with van der Waals surface area (Å²) in [5.41, 5.74) is 1.17. The zero-order chi connectivity index (χ0) is 17.1. The molecule has 0 aliphatic rings. The Hall–Kier alpha value is -1.15. The van der Waals surface area contributed by atoms with E-state index in [9.17, 15) is 8.76 Å². The van der Waals surface area contributed by atoms with Crippen LogP contribution in [0.15, 0.2) is 92.4 Å². The van der Waals surface area contributed by atoms with Crippen LogP contribution in [-0.2, 0) is 22.0 Å². The maximum atomic E-state index is 12.6. The van der Waals surface area contributed by atoms with Crippen LogP contribution in [0.2, 0.25) is 0 Å². The molecule has 0 aliphatic heterocycles. The summed E-state index contributed by atoms with van der Waals surface area (Å²) in [4.78, 5) is 3.22. The van der Waals surface area contributed by atoms with Gasteiger partial charge in [-0.15, -0.1) is 0 Å². The normalized spacial score (nSPS) is 13.5. The Morgan fingerprint density at radius 3 is 1.71 bits per heavy atom. The summed E-state index contributed by atoms with van der Waals surface area (Å²) in [5.74, 6) is 0. The van der Waals surface area contributed by atoms with Gasteiger partial charge in [-0.2, -0.15) is 4.55 Å². The molecule has 122 valence electrons. The number of hydrogen-bond acceptors (Lipinski definition) is 2. The lowest BCUT2D eigenvalue weighted by Gasteiger charge is -2.04. The van der Waals surface area contributed by atoms with Gasteiger partial charge in [0.05, 0.1) is 10.8 Å². The van der Waals surface area contributed by atoms with Gasteiger partial charge in [0.1, 0.15) is 0 Å². The first kappa shape index (κ1) is 17.7. The highest BCUT2D eigenvalue weighted by Crippen LogP contribution is 2.24. The highest BCUT2D eigenvalue weighted by atomic mass is 127. The van der Waals surface area contributed by atoms with E-state index in [-0.39, 0.29) is 0 Å². The number of halogens is 1. The van der Waals surface area contributed by atoms with Crippen LogP contribution >= 0.6 is 22.6 Å². The number of hydrogen-bond donors (Lipinski definition) is 1. The van der Waals surface area contributed by atoms with Gasteiger partial charge < -0.3 is 0 Å². The van der Waals surface area contributed by atoms with Gasteiger partial charge in [0.15, 0.2) is 9.79 Å². The third kappa shape index (κ3) is 4.08. The van der Waals surface area contributed by atoms with E-state index in [1.165, 1.54) is 5.56 Å². The smallest absolute Gasteiger partial charge is 0.219 e. The zero-order valence-electron chi connectivity index (χ0n) is 13.0. The summed E-state index contributed by atoms with van der Waals surface area (Å²) in [5, 5.41) is 0. The summed E-state index contributed by atoms with van der Waals surface area (Å²) < 4.78 is 24.2. The van der Waals surface area contributed by atoms with Crippen LogP contribution in [0.25, 0.3) is 0 Å². The molecule has 0 aromatic heterocycles. The highest BCUT2D eigenvalue weighted by Gasteiger charge is 2.23. The summed E-state index contributed by atoms with van der Waals surface area (Å²) in [6, 6.07) is 22.9. The molecule has 0 amide bonds. The van der Waals surface area contributed by atoms with E-state index in [1.54, 1.807) is 0 Å². The molecular weight excluding hydrogens is 451 g/mol. The van der Waals surface area contributed by atoms with Crippen LogP contribution < -0.4 is 0 Å². The van der Waals surface area contributed by atoms with Crippen molar-refractivity contribution in [3.05, 3.63) is 81.9 Å². The second-order valence-corrected chi connectivity index (χ2v) is 9.53. The first-order chi connectivity index (χ1) is 11.5. The maximum Gasteiger partial charge on any atom is 0.219 e. The minimum absolute atomic E-state index is 0.737. The van der Waals surface area contributed by atoms with Crippen molar-refractivity contribution in [2.45, 2.75) is 26.5 Å². The molecule has 3 aromatic carbocycles. The third-order valence-electron chi connectivity index (χ3n) is 3.53. The van der Waals surface area contributed by atoms with Crippen molar-refractivity contribution in [3.63, 3.8) is 0 Å². The number of benzene rings is 3. The summed E-state index contributed by atoms with van der Waals surface area (Å²) in [7, 11) is -1.21. The molecule has 0 saturated heterocycles. The Bertz CT molecular complexity index is 844. The van der Waals surface area contributed by atoms with E-state index >= 15 is 0 Å². The quantitative estimate of drug-likeness (QED) is 0.419. The van der Waals surface area contributed by atoms with Crippen LogP contribution in [0.3, 0.4) is 0 Å². The van der Waals surface area contributed by atoms with Gasteiger partial charge in [0, 0.05) is 13.4 Å². The lowest BCUT2D eigenvalue weighted by atomic mass is 10.2. The van der Waals surface area contributed by atoms with Gasteiger partial charge in [-0.05, 0) is 90.2 Å². The Balaban J connectivity index is 1.81. The van der Waals surface area contributed by atoms with Crippen molar-refractivity contribution >= 4 is 44.6 Å². The Labute approximate surface area is 161 Å². The van der Waals surface area contributed by atoms with Crippen molar-refractivity contribution in [2.75, 3.05) is 0 Å². The van der Waals surface area contributed by atoms with E-state index in [0.29, 0.717) is 0 Å². The third-order valence-corrected chi connectivity index (χ3v) is 7.09. The lowest BCUT2D eigenvalue weighted by molar-refractivity contribution is 0.638. The van der Waals surface area contributed by atoms with Crippen molar-refractivity contribution < 1.29 is 8.76 Å². The molecule has 0 saturated carbocycles. The molecule has 0 heterocycles. The number of aryl methyl sites for hydroxylation is 1. The monoisotopic (exact) mass is 467 g/mol. The molecule has 2 atom stereocenters. The molecule has 0 bridgehead atoms. The van der Waals surface area contributed by atoms with Gasteiger partial charge in [0.2, 0.25) is 11.2 Å². The largest absolute Gasteiger partial charge is 0.249 e. The van der Waals surface area contributed by atoms with E-state index < -0.39 is 22.0 Å². The molecule has 0 radical (unpaired) electrons. The van der Waals surface area contributed by atoms with Crippen LogP contribution in [0.4, 0.5) is 0 Å². The first-order valence-electron chi connectivity index (χ1n) is 7.32. The average Bonchev–Trinajstić information content (AvgIpc) is 2.62. The minimum atomic E-state index is -1.21. The molecule has 3 rings (SSSR count). The van der Waals surface area contributed by atoms with Crippen molar-refractivity contribution in [1.29, 1.82) is 0 Å². The van der Waals surface area contributed by atoms with Crippen LogP contribution in [-0.4, -0.2) is 8.76 Å². The molecule has 5 heteroatoms. The summed E-state index contributed by atoms with van der Waals surface area (Å²) in [6.07, 6.45) is 0. The summed E-state index contributed by atoms with van der Waals surface area (Å²) in [6.45, 7) is 2.02. The van der Waals surface area contributed by atoms with Gasteiger partial charge in [-0.3, -0.25) is 0 Å². The van der Waals surface area contributed by atoms with Crippen molar-refractivity contribution in [3.8, 4) is 0 Å². The fraction of sp³-hybridized carbons (Fsp3) is 0.0526. The topological polar surface area (TPSA) is 37.3 Å². The predicted octanol–water partition coefficient (Wildman–Crippen LogP) is 5.28. The highest BCUT2D eigenvalue weighted by molar-refractivity contribution is 14.1. The average molecular weight is 467 g/mol. The predicted molar refractivity (Wildman–Crippen MR) is 108 cm³/mol. The molecule has 0 fully saturated rings. The molecule has 2 nitrogen and oxygen atoms in total. The Kier molecular flexibility index (Phi) is 5.76. The van der Waals surface area contributed by atoms with Crippen LogP contribution in [0.1, 0.15) is 5.56 Å². The zero-order valence-corrected chi connectivity index (χ0v) is 16.8. The van der Waals surface area contributed by atoms with E-state index in [0.717, 1.165) is 23.2 Å². The van der Waals surface area contributed by atoms with Gasteiger partial charge in [0.25, 0.3) is 0 Å². The second kappa shape index (κ2) is 7.82. The van der Waals surface area contributed by atoms with Gasteiger partial charge in [-0.1, -0.05) is 17.7 Å². The van der Waals surface area contributed by atoms with E-state index in [4.69, 9.17) is 0 Å². The minimum Gasteiger partial charge on any atom is -0.249 e. The van der Waals surface area contributed by atoms with E-state index in [2.05, 4.69) is 22.6 Å². The lowest BCUT2D eigenvalue weighted by Crippen LogP contribution is -2.02. The van der Waals surface area contributed by atoms with E-state index in [1.807, 2.05) is 79.7 Å². The Morgan fingerprint density at radius 1 is 0.792 bits per heavy atom. The van der Waals surface area contributed by atoms with Crippen LogP contribution in [0.5, 0.6) is 0 Å². The summed E-state index contributed by atoms with van der Waals surface area (Å²) >= 11 is 1.25.